The van der Waals surface area contributed by atoms with Gasteiger partial charge in [-0.3, -0.25) is 4.79 Å². The maximum Gasteiger partial charge on any atom is 0.258 e. The highest BCUT2D eigenvalue weighted by atomic mass is 16.3. The molecule has 5 heteroatoms. The van der Waals surface area contributed by atoms with Crippen molar-refractivity contribution in [1.29, 1.82) is 0 Å². The van der Waals surface area contributed by atoms with Gasteiger partial charge in [-0.05, 0) is 25.1 Å². The lowest BCUT2D eigenvalue weighted by Gasteiger charge is -2.26. The number of aromatic hydroxyl groups is 3. The summed E-state index contributed by atoms with van der Waals surface area (Å²) in [6.07, 6.45) is 0. The lowest BCUT2D eigenvalue weighted by Crippen LogP contribution is -2.29. The van der Waals surface area contributed by atoms with Gasteiger partial charge in [-0.1, -0.05) is 24.3 Å². The van der Waals surface area contributed by atoms with Gasteiger partial charge in [0.1, 0.15) is 5.75 Å². The van der Waals surface area contributed by atoms with E-state index in [2.05, 4.69) is 0 Å². The molecule has 0 saturated carbocycles. The number of hydrogen-bond acceptors (Lipinski definition) is 4. The molecule has 0 saturated heterocycles. The summed E-state index contributed by atoms with van der Waals surface area (Å²) in [6, 6.07) is 10.6. The monoisotopic (exact) mass is 287 g/mol. The number of rotatable bonds is 3. The maximum absolute atomic E-state index is 12.4. The molecule has 2 aromatic rings. The quantitative estimate of drug-likeness (QED) is 0.758. The summed E-state index contributed by atoms with van der Waals surface area (Å²) in [5, 5.41) is 29.1. The van der Waals surface area contributed by atoms with Crippen LogP contribution in [0.15, 0.2) is 42.5 Å². The standard InChI is InChI=1S/C16H17NO4/c1-10(11-6-3-4-8-13(11)18)17(2)16(21)12-7-5-9-14(19)15(12)20/h3-10,18-20H,1-2H3. The largest absolute Gasteiger partial charge is 0.508 e. The fourth-order valence-corrected chi connectivity index (χ4v) is 2.12. The molecule has 5 nitrogen and oxygen atoms in total. The van der Waals surface area contributed by atoms with Gasteiger partial charge >= 0.3 is 0 Å². The highest BCUT2D eigenvalue weighted by Crippen LogP contribution is 2.32. The Balaban J connectivity index is 2.31. The van der Waals surface area contributed by atoms with E-state index >= 15 is 0 Å². The van der Waals surface area contributed by atoms with Crippen molar-refractivity contribution in [2.75, 3.05) is 7.05 Å². The number of hydrogen-bond donors (Lipinski definition) is 3. The van der Waals surface area contributed by atoms with Crippen LogP contribution in [0.3, 0.4) is 0 Å². The van der Waals surface area contributed by atoms with Crippen molar-refractivity contribution < 1.29 is 20.1 Å². The molecule has 1 atom stereocenters. The van der Waals surface area contributed by atoms with Crippen LogP contribution in [0.4, 0.5) is 0 Å². The SMILES string of the molecule is CC(c1ccccc1O)N(C)C(=O)c1cccc(O)c1O. The molecule has 0 fully saturated rings. The molecule has 2 aromatic carbocycles. The van der Waals surface area contributed by atoms with Crippen LogP contribution >= 0.6 is 0 Å². The molecule has 0 aliphatic rings. The van der Waals surface area contributed by atoms with E-state index in [1.807, 2.05) is 0 Å². The van der Waals surface area contributed by atoms with Gasteiger partial charge < -0.3 is 20.2 Å². The molecule has 21 heavy (non-hydrogen) atoms. The topological polar surface area (TPSA) is 81.0 Å². The Hall–Kier alpha value is -2.69. The van der Waals surface area contributed by atoms with E-state index < -0.39 is 11.7 Å². The third-order valence-corrected chi connectivity index (χ3v) is 3.53. The van der Waals surface area contributed by atoms with Crippen LogP contribution in [0.5, 0.6) is 17.2 Å². The number of phenolic OH excluding ortho intramolecular Hbond substituents is 3. The number of para-hydroxylation sites is 2. The molecule has 0 heterocycles. The Kier molecular flexibility index (Phi) is 4.03. The summed E-state index contributed by atoms with van der Waals surface area (Å²) in [7, 11) is 1.57. The molecular formula is C16H17NO4. The number of phenols is 3. The van der Waals surface area contributed by atoms with Gasteiger partial charge in [0, 0.05) is 12.6 Å². The maximum atomic E-state index is 12.4. The summed E-state index contributed by atoms with van der Waals surface area (Å²) in [6.45, 7) is 1.77. The molecule has 110 valence electrons. The third kappa shape index (κ3) is 2.76. The fourth-order valence-electron chi connectivity index (χ4n) is 2.12. The summed E-state index contributed by atoms with van der Waals surface area (Å²) < 4.78 is 0. The van der Waals surface area contributed by atoms with Gasteiger partial charge in [-0.2, -0.15) is 0 Å². The van der Waals surface area contributed by atoms with Crippen molar-refractivity contribution in [2.24, 2.45) is 0 Å². The Labute approximate surface area is 122 Å². The summed E-state index contributed by atoms with van der Waals surface area (Å²) in [4.78, 5) is 13.8. The second-order valence-electron chi connectivity index (χ2n) is 4.82. The molecular weight excluding hydrogens is 270 g/mol. The highest BCUT2D eigenvalue weighted by Gasteiger charge is 2.23. The van der Waals surface area contributed by atoms with Crippen LogP contribution in [0.25, 0.3) is 0 Å². The minimum atomic E-state index is -0.446. The van der Waals surface area contributed by atoms with Gasteiger partial charge in [-0.15, -0.1) is 0 Å². The average molecular weight is 287 g/mol. The van der Waals surface area contributed by atoms with Gasteiger partial charge in [0.15, 0.2) is 11.5 Å². The van der Waals surface area contributed by atoms with Crippen molar-refractivity contribution in [2.45, 2.75) is 13.0 Å². The van der Waals surface area contributed by atoms with Crippen molar-refractivity contribution in [3.8, 4) is 17.2 Å². The highest BCUT2D eigenvalue weighted by molar-refractivity contribution is 5.97. The van der Waals surface area contributed by atoms with E-state index in [0.717, 1.165) is 0 Å². The first-order chi connectivity index (χ1) is 9.93. The van der Waals surface area contributed by atoms with E-state index in [1.54, 1.807) is 38.2 Å². The van der Waals surface area contributed by atoms with Gasteiger partial charge in [-0.25, -0.2) is 0 Å². The van der Waals surface area contributed by atoms with Crippen molar-refractivity contribution >= 4 is 5.91 Å². The van der Waals surface area contributed by atoms with Crippen LogP contribution in [-0.4, -0.2) is 33.2 Å². The van der Waals surface area contributed by atoms with E-state index in [4.69, 9.17) is 0 Å². The molecule has 2 rings (SSSR count). The molecule has 0 aromatic heterocycles. The molecule has 0 spiro atoms. The zero-order valence-electron chi connectivity index (χ0n) is 11.8. The van der Waals surface area contributed by atoms with Crippen molar-refractivity contribution in [1.82, 2.24) is 4.90 Å². The van der Waals surface area contributed by atoms with Gasteiger partial charge in [0.25, 0.3) is 5.91 Å². The Morgan fingerprint density at radius 2 is 1.62 bits per heavy atom. The third-order valence-electron chi connectivity index (χ3n) is 3.53. The van der Waals surface area contributed by atoms with Crippen molar-refractivity contribution in [3.63, 3.8) is 0 Å². The second kappa shape index (κ2) is 5.75. The summed E-state index contributed by atoms with van der Waals surface area (Å²) in [5.74, 6) is -1.13. The Morgan fingerprint density at radius 1 is 1.00 bits per heavy atom. The normalized spacial score (nSPS) is 11.9. The number of carbonyl (C=O) groups excluding carboxylic acids is 1. The number of benzene rings is 2. The number of amides is 1. The minimum Gasteiger partial charge on any atom is -0.508 e. The van der Waals surface area contributed by atoms with E-state index in [-0.39, 0.29) is 23.1 Å². The van der Waals surface area contributed by atoms with Crippen molar-refractivity contribution in [3.05, 3.63) is 53.6 Å². The zero-order valence-corrected chi connectivity index (χ0v) is 11.8. The Morgan fingerprint density at radius 3 is 2.29 bits per heavy atom. The first-order valence-corrected chi connectivity index (χ1v) is 6.49. The molecule has 1 amide bonds. The predicted molar refractivity (Wildman–Crippen MR) is 78.4 cm³/mol. The Bertz CT molecular complexity index is 669. The number of nitrogens with zero attached hydrogens (tertiary/aromatic N) is 1. The predicted octanol–water partition coefficient (Wildman–Crippen LogP) is 2.64. The molecule has 1 unspecified atom stereocenters. The second-order valence-corrected chi connectivity index (χ2v) is 4.82. The van der Waals surface area contributed by atoms with E-state index in [9.17, 15) is 20.1 Å². The van der Waals surface area contributed by atoms with Gasteiger partial charge in [0.05, 0.1) is 11.6 Å². The molecule has 0 aliphatic carbocycles. The van der Waals surface area contributed by atoms with Crippen LogP contribution in [0.2, 0.25) is 0 Å². The molecule has 0 bridgehead atoms. The smallest absolute Gasteiger partial charge is 0.258 e. The van der Waals surface area contributed by atoms with Gasteiger partial charge in [0.2, 0.25) is 0 Å². The van der Waals surface area contributed by atoms with Crippen LogP contribution in [-0.2, 0) is 0 Å². The number of carbonyl (C=O) groups is 1. The average Bonchev–Trinajstić information content (AvgIpc) is 2.48. The first-order valence-electron chi connectivity index (χ1n) is 6.49. The van der Waals surface area contributed by atoms with E-state index in [1.165, 1.54) is 23.1 Å². The zero-order chi connectivity index (χ0) is 15.6. The summed E-state index contributed by atoms with van der Waals surface area (Å²) in [5.41, 5.74) is 0.618. The lowest BCUT2D eigenvalue weighted by atomic mass is 10.0. The fraction of sp³-hybridized carbons (Fsp3) is 0.188. The molecule has 0 aliphatic heterocycles. The summed E-state index contributed by atoms with van der Waals surface area (Å²) >= 11 is 0. The first kappa shape index (κ1) is 14.7. The van der Waals surface area contributed by atoms with Crippen LogP contribution in [0.1, 0.15) is 28.9 Å². The molecule has 3 N–H and O–H groups in total. The minimum absolute atomic E-state index is 0.0137. The van der Waals surface area contributed by atoms with Crippen LogP contribution in [0, 0.1) is 0 Å². The van der Waals surface area contributed by atoms with E-state index in [0.29, 0.717) is 5.56 Å². The van der Waals surface area contributed by atoms with Crippen LogP contribution < -0.4 is 0 Å². The lowest BCUT2D eigenvalue weighted by molar-refractivity contribution is 0.0737. The molecule has 0 radical (unpaired) electrons.